The summed E-state index contributed by atoms with van der Waals surface area (Å²) in [5.74, 6) is 0. The maximum absolute atomic E-state index is 6.15. The third-order valence-electron chi connectivity index (χ3n) is 3.27. The van der Waals surface area contributed by atoms with Crippen LogP contribution in [0.4, 0.5) is 0 Å². The highest BCUT2D eigenvalue weighted by molar-refractivity contribution is 7.22. The molecule has 4 heteroatoms. The van der Waals surface area contributed by atoms with Crippen molar-refractivity contribution in [2.45, 2.75) is 26.2 Å². The molecule has 0 aliphatic rings. The van der Waals surface area contributed by atoms with Crippen LogP contribution in [0, 0.1) is 0 Å². The van der Waals surface area contributed by atoms with E-state index in [4.69, 9.17) is 11.6 Å². The summed E-state index contributed by atoms with van der Waals surface area (Å²) >= 11 is 7.80. The third kappa shape index (κ3) is 2.32. The summed E-state index contributed by atoms with van der Waals surface area (Å²) in [5.41, 5.74) is 3.59. The average molecular weight is 303 g/mol. The lowest BCUT2D eigenvalue weighted by molar-refractivity contribution is 0.592. The minimum atomic E-state index is 0.0994. The van der Waals surface area contributed by atoms with Crippen LogP contribution in [0.15, 0.2) is 36.7 Å². The number of halogens is 1. The standard InChI is InChI=1S/C16H15ClN2S/c1-16(2,3)11-7-5-4-6-10(11)13-8-12-14(20-13)15(17)19-9-18-12/h4-9H,1-3H3. The van der Waals surface area contributed by atoms with Crippen LogP contribution in [0.3, 0.4) is 0 Å². The van der Waals surface area contributed by atoms with Gasteiger partial charge in [-0.05, 0) is 22.6 Å². The summed E-state index contributed by atoms with van der Waals surface area (Å²) in [4.78, 5) is 9.53. The lowest BCUT2D eigenvalue weighted by atomic mass is 9.83. The second-order valence-electron chi connectivity index (χ2n) is 5.79. The van der Waals surface area contributed by atoms with Crippen LogP contribution >= 0.6 is 22.9 Å². The molecule has 2 nitrogen and oxygen atoms in total. The molecule has 0 aliphatic heterocycles. The van der Waals surface area contributed by atoms with Crippen molar-refractivity contribution in [3.8, 4) is 10.4 Å². The molecular formula is C16H15ClN2S. The van der Waals surface area contributed by atoms with Crippen LogP contribution in [-0.2, 0) is 5.41 Å². The molecule has 0 unspecified atom stereocenters. The molecule has 102 valence electrons. The molecule has 0 fully saturated rings. The van der Waals surface area contributed by atoms with Crippen molar-refractivity contribution in [3.05, 3.63) is 47.4 Å². The van der Waals surface area contributed by atoms with Crippen molar-refractivity contribution in [3.63, 3.8) is 0 Å². The Hall–Kier alpha value is -1.45. The normalized spacial score (nSPS) is 12.0. The van der Waals surface area contributed by atoms with E-state index in [1.165, 1.54) is 22.3 Å². The van der Waals surface area contributed by atoms with E-state index in [1.807, 2.05) is 0 Å². The van der Waals surface area contributed by atoms with Gasteiger partial charge in [-0.2, -0.15) is 0 Å². The van der Waals surface area contributed by atoms with E-state index in [0.29, 0.717) is 5.15 Å². The number of nitrogens with zero attached hydrogens (tertiary/aromatic N) is 2. The maximum Gasteiger partial charge on any atom is 0.150 e. The van der Waals surface area contributed by atoms with E-state index in [2.05, 4.69) is 61.1 Å². The molecule has 3 rings (SSSR count). The van der Waals surface area contributed by atoms with Gasteiger partial charge in [0.1, 0.15) is 11.5 Å². The number of fused-ring (bicyclic) bond motifs is 1. The molecule has 0 aliphatic carbocycles. The predicted molar refractivity (Wildman–Crippen MR) is 86.6 cm³/mol. The Balaban J connectivity index is 2.24. The molecule has 0 bridgehead atoms. The van der Waals surface area contributed by atoms with Crippen LogP contribution < -0.4 is 0 Å². The number of aromatic nitrogens is 2. The van der Waals surface area contributed by atoms with Gasteiger partial charge in [-0.3, -0.25) is 0 Å². The minimum absolute atomic E-state index is 0.0994. The molecule has 0 spiro atoms. The molecule has 2 aromatic heterocycles. The van der Waals surface area contributed by atoms with Crippen molar-refractivity contribution in [2.75, 3.05) is 0 Å². The molecule has 0 N–H and O–H groups in total. The van der Waals surface area contributed by atoms with E-state index in [9.17, 15) is 0 Å². The van der Waals surface area contributed by atoms with Crippen molar-refractivity contribution >= 4 is 33.2 Å². The quantitative estimate of drug-likeness (QED) is 0.569. The van der Waals surface area contributed by atoms with Gasteiger partial charge in [0.25, 0.3) is 0 Å². The number of benzene rings is 1. The molecule has 0 atom stereocenters. The predicted octanol–water partition coefficient (Wildman–Crippen LogP) is 5.31. The van der Waals surface area contributed by atoms with E-state index >= 15 is 0 Å². The minimum Gasteiger partial charge on any atom is -0.235 e. The molecule has 0 radical (unpaired) electrons. The van der Waals surface area contributed by atoms with Crippen molar-refractivity contribution in [1.82, 2.24) is 9.97 Å². The fraction of sp³-hybridized carbons (Fsp3) is 0.250. The van der Waals surface area contributed by atoms with Crippen LogP contribution in [0.1, 0.15) is 26.3 Å². The lowest BCUT2D eigenvalue weighted by Crippen LogP contribution is -2.12. The first kappa shape index (κ1) is 13.5. The second kappa shape index (κ2) is 4.83. The van der Waals surface area contributed by atoms with Gasteiger partial charge in [-0.15, -0.1) is 11.3 Å². The van der Waals surface area contributed by atoms with E-state index < -0.39 is 0 Å². The van der Waals surface area contributed by atoms with Gasteiger partial charge in [0.2, 0.25) is 0 Å². The summed E-state index contributed by atoms with van der Waals surface area (Å²) in [6, 6.07) is 10.6. The molecule has 2 heterocycles. The fourth-order valence-corrected chi connectivity index (χ4v) is 3.60. The van der Waals surface area contributed by atoms with Gasteiger partial charge in [-0.1, -0.05) is 56.6 Å². The number of hydrogen-bond donors (Lipinski definition) is 0. The van der Waals surface area contributed by atoms with Crippen molar-refractivity contribution in [1.29, 1.82) is 0 Å². The molecule has 0 amide bonds. The summed E-state index contributed by atoms with van der Waals surface area (Å²) in [5, 5.41) is 0.527. The van der Waals surface area contributed by atoms with Gasteiger partial charge in [-0.25, -0.2) is 9.97 Å². The highest BCUT2D eigenvalue weighted by atomic mass is 35.5. The van der Waals surface area contributed by atoms with E-state index in [1.54, 1.807) is 11.3 Å². The number of thiophene rings is 1. The Bertz CT molecular complexity index is 771. The fourth-order valence-electron chi connectivity index (χ4n) is 2.31. The zero-order valence-corrected chi connectivity index (χ0v) is 13.2. The average Bonchev–Trinajstić information content (AvgIpc) is 2.83. The Morgan fingerprint density at radius 1 is 1.10 bits per heavy atom. The van der Waals surface area contributed by atoms with E-state index in [0.717, 1.165) is 10.2 Å². The highest BCUT2D eigenvalue weighted by Crippen LogP contribution is 2.39. The highest BCUT2D eigenvalue weighted by Gasteiger charge is 2.19. The van der Waals surface area contributed by atoms with Crippen LogP contribution in [-0.4, -0.2) is 9.97 Å². The number of rotatable bonds is 1. The molecule has 20 heavy (non-hydrogen) atoms. The van der Waals surface area contributed by atoms with Crippen LogP contribution in [0.25, 0.3) is 20.7 Å². The third-order valence-corrected chi connectivity index (χ3v) is 4.83. The van der Waals surface area contributed by atoms with Crippen molar-refractivity contribution in [2.24, 2.45) is 0 Å². The topological polar surface area (TPSA) is 25.8 Å². The van der Waals surface area contributed by atoms with Crippen LogP contribution in [0.2, 0.25) is 5.15 Å². The Morgan fingerprint density at radius 2 is 1.85 bits per heavy atom. The Labute approximate surface area is 127 Å². The monoisotopic (exact) mass is 302 g/mol. The van der Waals surface area contributed by atoms with E-state index in [-0.39, 0.29) is 5.41 Å². The van der Waals surface area contributed by atoms with Gasteiger partial charge < -0.3 is 0 Å². The molecule has 3 aromatic rings. The molecule has 0 saturated heterocycles. The Morgan fingerprint density at radius 3 is 2.55 bits per heavy atom. The SMILES string of the molecule is CC(C)(C)c1ccccc1-c1cc2ncnc(Cl)c2s1. The molecule has 0 saturated carbocycles. The maximum atomic E-state index is 6.15. The first-order chi connectivity index (χ1) is 9.47. The first-order valence-corrected chi connectivity index (χ1v) is 7.66. The largest absolute Gasteiger partial charge is 0.235 e. The van der Waals surface area contributed by atoms with Gasteiger partial charge in [0, 0.05) is 4.88 Å². The zero-order chi connectivity index (χ0) is 14.3. The summed E-state index contributed by atoms with van der Waals surface area (Å²) < 4.78 is 0.952. The van der Waals surface area contributed by atoms with Gasteiger partial charge in [0.15, 0.2) is 0 Å². The Kier molecular flexibility index (Phi) is 3.27. The summed E-state index contributed by atoms with van der Waals surface area (Å²) in [7, 11) is 0. The van der Waals surface area contributed by atoms with Crippen LogP contribution in [0.5, 0.6) is 0 Å². The molecular weight excluding hydrogens is 288 g/mol. The summed E-state index contributed by atoms with van der Waals surface area (Å²) in [6.07, 6.45) is 1.51. The zero-order valence-electron chi connectivity index (χ0n) is 11.6. The summed E-state index contributed by atoms with van der Waals surface area (Å²) in [6.45, 7) is 6.68. The first-order valence-electron chi connectivity index (χ1n) is 6.47. The van der Waals surface area contributed by atoms with Gasteiger partial charge >= 0.3 is 0 Å². The van der Waals surface area contributed by atoms with Gasteiger partial charge in [0.05, 0.1) is 10.2 Å². The lowest BCUT2D eigenvalue weighted by Gasteiger charge is -2.22. The van der Waals surface area contributed by atoms with Crippen molar-refractivity contribution < 1.29 is 0 Å². The number of hydrogen-bond acceptors (Lipinski definition) is 3. The second-order valence-corrected chi connectivity index (χ2v) is 7.20. The smallest absolute Gasteiger partial charge is 0.150 e. The molecule has 1 aromatic carbocycles.